The van der Waals surface area contributed by atoms with Gasteiger partial charge in [-0.1, -0.05) is 37.0 Å². The average Bonchev–Trinajstić information content (AvgIpc) is 2.75. The molecule has 2 rings (SSSR count). The minimum absolute atomic E-state index is 0.00955. The van der Waals surface area contributed by atoms with Crippen LogP contribution in [0.15, 0.2) is 17.0 Å². The van der Waals surface area contributed by atoms with Gasteiger partial charge in [-0.15, -0.1) is 0 Å². The fraction of sp³-hybridized carbons (Fsp3) is 0.538. The summed E-state index contributed by atoms with van der Waals surface area (Å²) in [6.07, 6.45) is 1.72. The Morgan fingerprint density at radius 3 is 2.35 bits per heavy atom. The molecule has 0 aliphatic carbocycles. The highest BCUT2D eigenvalue weighted by Gasteiger charge is 2.38. The Kier molecular flexibility index (Phi) is 4.54. The Labute approximate surface area is 129 Å². The highest BCUT2D eigenvalue weighted by Crippen LogP contribution is 2.37. The molecule has 2 N–H and O–H groups in total. The van der Waals surface area contributed by atoms with E-state index in [9.17, 15) is 8.42 Å². The third kappa shape index (κ3) is 2.77. The number of hydrogen-bond acceptors (Lipinski definition) is 3. The molecule has 1 aliphatic heterocycles. The highest BCUT2D eigenvalue weighted by atomic mass is 35.5. The number of sulfonamides is 1. The molecule has 0 aromatic heterocycles. The molecule has 1 aromatic rings. The monoisotopic (exact) mass is 336 g/mol. The van der Waals surface area contributed by atoms with E-state index in [2.05, 4.69) is 0 Å². The summed E-state index contributed by atoms with van der Waals surface area (Å²) in [6, 6.07) is 2.83. The van der Waals surface area contributed by atoms with Gasteiger partial charge in [0, 0.05) is 18.3 Å². The Morgan fingerprint density at radius 2 is 1.85 bits per heavy atom. The van der Waals surface area contributed by atoms with Crippen molar-refractivity contribution in [2.24, 2.45) is 5.92 Å². The molecule has 0 saturated carbocycles. The third-order valence-corrected chi connectivity index (χ3v) is 6.45. The van der Waals surface area contributed by atoms with E-state index in [1.54, 1.807) is 0 Å². The number of nitrogens with two attached hydrogens (primary N) is 1. The molecular weight excluding hydrogens is 319 g/mol. The normalized spacial score (nSPS) is 20.8. The van der Waals surface area contributed by atoms with E-state index < -0.39 is 10.0 Å². The molecule has 20 heavy (non-hydrogen) atoms. The molecule has 1 heterocycles. The molecular formula is C13H18Cl2N2O2S. The zero-order chi connectivity index (χ0) is 15.1. The zero-order valence-electron chi connectivity index (χ0n) is 11.4. The Bertz CT molecular complexity index is 594. The van der Waals surface area contributed by atoms with Crippen molar-refractivity contribution in [1.29, 1.82) is 0 Å². The molecule has 1 aromatic carbocycles. The van der Waals surface area contributed by atoms with Gasteiger partial charge >= 0.3 is 0 Å². The Balaban J connectivity index is 2.51. The molecule has 4 nitrogen and oxygen atoms in total. The summed E-state index contributed by atoms with van der Waals surface area (Å²) in [4.78, 5) is -0.0393. The average molecular weight is 337 g/mol. The van der Waals surface area contributed by atoms with Crippen molar-refractivity contribution in [3.63, 3.8) is 0 Å². The maximum Gasteiger partial charge on any atom is 0.246 e. The van der Waals surface area contributed by atoms with E-state index in [0.717, 1.165) is 12.8 Å². The quantitative estimate of drug-likeness (QED) is 0.860. The lowest BCUT2D eigenvalue weighted by Gasteiger charge is -2.27. The van der Waals surface area contributed by atoms with Gasteiger partial charge in [0.1, 0.15) is 4.90 Å². The summed E-state index contributed by atoms with van der Waals surface area (Å²) in [5, 5.41) is 0.147. The zero-order valence-corrected chi connectivity index (χ0v) is 13.8. The van der Waals surface area contributed by atoms with Crippen molar-refractivity contribution in [1.82, 2.24) is 4.31 Å². The fourth-order valence-corrected chi connectivity index (χ4v) is 5.68. The van der Waals surface area contributed by atoms with E-state index in [1.807, 2.05) is 13.8 Å². The minimum atomic E-state index is -3.70. The van der Waals surface area contributed by atoms with Crippen molar-refractivity contribution in [3.8, 4) is 0 Å². The number of anilines is 1. The van der Waals surface area contributed by atoms with Crippen LogP contribution in [0.5, 0.6) is 0 Å². The van der Waals surface area contributed by atoms with Crippen molar-refractivity contribution in [3.05, 3.63) is 22.2 Å². The van der Waals surface area contributed by atoms with Crippen molar-refractivity contribution >= 4 is 38.9 Å². The van der Waals surface area contributed by atoms with Crippen molar-refractivity contribution in [2.45, 2.75) is 37.6 Å². The molecule has 0 bridgehead atoms. The first-order chi connectivity index (χ1) is 9.25. The first kappa shape index (κ1) is 15.9. The molecule has 0 spiro atoms. The van der Waals surface area contributed by atoms with Crippen LogP contribution in [0.3, 0.4) is 0 Å². The maximum absolute atomic E-state index is 12.8. The molecule has 1 saturated heterocycles. The lowest BCUT2D eigenvalue weighted by molar-refractivity contribution is 0.316. The van der Waals surface area contributed by atoms with E-state index in [1.165, 1.54) is 16.4 Å². The fourth-order valence-electron chi connectivity index (χ4n) is 2.67. The lowest BCUT2D eigenvalue weighted by atomic mass is 10.0. The molecule has 1 atom stereocenters. The van der Waals surface area contributed by atoms with Crippen LogP contribution in [0, 0.1) is 5.92 Å². The summed E-state index contributed by atoms with van der Waals surface area (Å²) < 4.78 is 27.2. The van der Waals surface area contributed by atoms with Gasteiger partial charge in [0.2, 0.25) is 10.0 Å². The molecule has 112 valence electrons. The summed E-state index contributed by atoms with van der Waals surface area (Å²) in [6.45, 7) is 4.54. The largest absolute Gasteiger partial charge is 0.399 e. The first-order valence-electron chi connectivity index (χ1n) is 6.51. The topological polar surface area (TPSA) is 63.4 Å². The number of rotatable bonds is 3. The van der Waals surface area contributed by atoms with Crippen LogP contribution in [-0.2, 0) is 10.0 Å². The van der Waals surface area contributed by atoms with Crippen molar-refractivity contribution < 1.29 is 8.42 Å². The molecule has 0 radical (unpaired) electrons. The van der Waals surface area contributed by atoms with Crippen LogP contribution in [0.4, 0.5) is 5.69 Å². The standard InChI is InChI=1S/C13H18Cl2N2O2S/c1-8(2)12-4-3-5-17(12)20(18,19)13-10(14)6-9(16)7-11(13)15/h6-8,12H,3-5,16H2,1-2H3. The van der Waals surface area contributed by atoms with Gasteiger partial charge in [0.25, 0.3) is 0 Å². The maximum atomic E-state index is 12.8. The van der Waals surface area contributed by atoms with Crippen LogP contribution < -0.4 is 5.73 Å². The van der Waals surface area contributed by atoms with Crippen molar-refractivity contribution in [2.75, 3.05) is 12.3 Å². The molecule has 7 heteroatoms. The summed E-state index contributed by atoms with van der Waals surface area (Å²) >= 11 is 12.1. The van der Waals surface area contributed by atoms with Gasteiger partial charge in [-0.25, -0.2) is 8.42 Å². The van der Waals surface area contributed by atoms with E-state index in [0.29, 0.717) is 12.2 Å². The number of hydrogen-bond donors (Lipinski definition) is 1. The number of nitrogen functional groups attached to an aromatic ring is 1. The molecule has 1 aliphatic rings. The summed E-state index contributed by atoms with van der Waals surface area (Å²) in [5.41, 5.74) is 5.97. The van der Waals surface area contributed by atoms with Gasteiger partial charge in [0.05, 0.1) is 10.0 Å². The Morgan fingerprint density at radius 1 is 1.30 bits per heavy atom. The van der Waals surface area contributed by atoms with E-state index >= 15 is 0 Å². The third-order valence-electron chi connectivity index (χ3n) is 3.61. The second-order valence-corrected chi connectivity index (χ2v) is 8.02. The smallest absolute Gasteiger partial charge is 0.246 e. The van der Waals surface area contributed by atoms with E-state index in [-0.39, 0.29) is 26.9 Å². The number of halogens is 2. The van der Waals surface area contributed by atoms with Gasteiger partial charge in [0.15, 0.2) is 0 Å². The number of nitrogens with zero attached hydrogens (tertiary/aromatic N) is 1. The molecule has 0 amide bonds. The second kappa shape index (κ2) is 5.72. The van der Waals surface area contributed by atoms with Crippen LogP contribution >= 0.6 is 23.2 Å². The predicted octanol–water partition coefficient (Wildman–Crippen LogP) is 3.38. The van der Waals surface area contributed by atoms with Gasteiger partial charge in [-0.3, -0.25) is 0 Å². The highest BCUT2D eigenvalue weighted by molar-refractivity contribution is 7.89. The second-order valence-electron chi connectivity index (χ2n) is 5.38. The molecule has 1 unspecified atom stereocenters. The van der Waals surface area contributed by atoms with Gasteiger partial charge in [-0.05, 0) is 30.9 Å². The Hall–Kier alpha value is -0.490. The number of benzene rings is 1. The molecule has 1 fully saturated rings. The predicted molar refractivity (Wildman–Crippen MR) is 82.6 cm³/mol. The lowest BCUT2D eigenvalue weighted by Crippen LogP contribution is -2.38. The van der Waals surface area contributed by atoms with Gasteiger partial charge < -0.3 is 5.73 Å². The first-order valence-corrected chi connectivity index (χ1v) is 8.71. The minimum Gasteiger partial charge on any atom is -0.399 e. The SMILES string of the molecule is CC(C)C1CCCN1S(=O)(=O)c1c(Cl)cc(N)cc1Cl. The van der Waals surface area contributed by atoms with Gasteiger partial charge in [-0.2, -0.15) is 4.31 Å². The summed E-state index contributed by atoms with van der Waals surface area (Å²) in [7, 11) is -3.70. The summed E-state index contributed by atoms with van der Waals surface area (Å²) in [5.74, 6) is 0.249. The van der Waals surface area contributed by atoms with Crippen LogP contribution in [-0.4, -0.2) is 25.3 Å². The van der Waals surface area contributed by atoms with E-state index in [4.69, 9.17) is 28.9 Å². The van der Waals surface area contributed by atoms with Crippen LogP contribution in [0.1, 0.15) is 26.7 Å². The van der Waals surface area contributed by atoms with Crippen LogP contribution in [0.25, 0.3) is 0 Å². The van der Waals surface area contributed by atoms with Crippen LogP contribution in [0.2, 0.25) is 10.0 Å².